The third kappa shape index (κ3) is 17.9. The van der Waals surface area contributed by atoms with Gasteiger partial charge in [-0.25, -0.2) is 0 Å². The van der Waals surface area contributed by atoms with Crippen LogP contribution in [0.25, 0.3) is 0 Å². The maximum atomic E-state index is 10.3. The maximum Gasteiger partial charge on any atom is 0.0721 e. The highest BCUT2D eigenvalue weighted by molar-refractivity contribution is 5.99. The molecular weight excluding hydrogens is 296 g/mol. The molecule has 0 unspecified atom stereocenters. The number of aromatic carboxylic acids is 2. The van der Waals surface area contributed by atoms with Gasteiger partial charge in [-0.1, -0.05) is 38.1 Å². The van der Waals surface area contributed by atoms with Crippen LogP contribution in [0.15, 0.2) is 24.3 Å². The number of rotatable bonds is 2. The molecule has 134 valence electrons. The average Bonchev–Trinajstić information content (AvgIpc) is 2.31. The molecule has 10 heteroatoms. The summed E-state index contributed by atoms with van der Waals surface area (Å²) in [6, 6.07) is 5.14. The van der Waals surface area contributed by atoms with Crippen molar-refractivity contribution >= 4 is 11.9 Å². The minimum absolute atomic E-state index is 0. The second-order valence-electron chi connectivity index (χ2n) is 2.70. The summed E-state index contributed by atoms with van der Waals surface area (Å²) in [4.78, 5) is 20.6. The summed E-state index contributed by atoms with van der Waals surface area (Å²) >= 11 is 0. The molecule has 0 fully saturated rings. The molecule has 0 spiro atoms. The third-order valence-electron chi connectivity index (χ3n) is 1.37. The summed E-state index contributed by atoms with van der Waals surface area (Å²) in [5, 5.41) is 38.5. The predicted molar refractivity (Wildman–Crippen MR) is 80.1 cm³/mol. The molecule has 10 nitrogen and oxygen atoms in total. The van der Waals surface area contributed by atoms with Crippen molar-refractivity contribution in [2.24, 2.45) is 0 Å². The summed E-state index contributed by atoms with van der Waals surface area (Å²) in [6.07, 6.45) is 0. The molecular formula is C12H30N4O6. The van der Waals surface area contributed by atoms with Crippen LogP contribution in [0.2, 0.25) is 0 Å². The Hall–Kier alpha value is -2.08. The van der Waals surface area contributed by atoms with Gasteiger partial charge in [0.1, 0.15) is 0 Å². The number of carbonyl (C=O) groups excluding carboxylic acids is 2. The normalized spacial score (nSPS) is 6.73. The number of quaternary nitrogens is 4. The van der Waals surface area contributed by atoms with Gasteiger partial charge in [-0.05, 0) is 0 Å². The Morgan fingerprint density at radius 2 is 0.955 bits per heavy atom. The number of benzene rings is 1. The summed E-state index contributed by atoms with van der Waals surface area (Å²) < 4.78 is 0. The van der Waals surface area contributed by atoms with Crippen molar-refractivity contribution in [3.63, 3.8) is 0 Å². The molecule has 22 heavy (non-hydrogen) atoms. The van der Waals surface area contributed by atoms with Crippen molar-refractivity contribution in [3.05, 3.63) is 35.4 Å². The molecule has 0 saturated carbocycles. The van der Waals surface area contributed by atoms with Crippen molar-refractivity contribution < 1.29 is 30.0 Å². The zero-order valence-electron chi connectivity index (χ0n) is 14.2. The van der Waals surface area contributed by atoms with E-state index in [1.165, 1.54) is 12.1 Å². The SMILES string of the molecule is CC[O-].CC[O-].O=C([O-])c1ccccc1C(=O)[O-].[NH4+].[NH4+].[NH4+].[NH4+]. The van der Waals surface area contributed by atoms with Crippen molar-refractivity contribution in [1.82, 2.24) is 24.6 Å². The first-order chi connectivity index (χ1) is 8.45. The molecule has 0 aliphatic carbocycles. The monoisotopic (exact) mass is 326 g/mol. The van der Waals surface area contributed by atoms with E-state index in [1.54, 1.807) is 13.8 Å². The van der Waals surface area contributed by atoms with E-state index in [2.05, 4.69) is 0 Å². The van der Waals surface area contributed by atoms with Crippen LogP contribution in [-0.4, -0.2) is 25.2 Å². The molecule has 0 saturated heterocycles. The fourth-order valence-corrected chi connectivity index (χ4v) is 0.839. The summed E-state index contributed by atoms with van der Waals surface area (Å²) in [7, 11) is 0. The smallest absolute Gasteiger partial charge is 0.0721 e. The van der Waals surface area contributed by atoms with Gasteiger partial charge in [-0.3, -0.25) is 0 Å². The molecule has 0 aliphatic heterocycles. The van der Waals surface area contributed by atoms with E-state index < -0.39 is 11.9 Å². The van der Waals surface area contributed by atoms with E-state index in [-0.39, 0.29) is 48.9 Å². The van der Waals surface area contributed by atoms with Gasteiger partial charge in [0, 0.05) is 11.1 Å². The van der Waals surface area contributed by atoms with Crippen molar-refractivity contribution in [3.8, 4) is 0 Å². The first kappa shape index (κ1) is 36.8. The highest BCUT2D eigenvalue weighted by Crippen LogP contribution is 2.05. The van der Waals surface area contributed by atoms with Crippen LogP contribution in [0, 0.1) is 0 Å². The minimum Gasteiger partial charge on any atom is -0.855 e. The van der Waals surface area contributed by atoms with E-state index in [1.807, 2.05) is 0 Å². The Bertz CT molecular complexity index is 341. The fourth-order valence-electron chi connectivity index (χ4n) is 0.839. The van der Waals surface area contributed by atoms with Gasteiger partial charge in [0.15, 0.2) is 0 Å². The first-order valence-electron chi connectivity index (χ1n) is 5.14. The zero-order chi connectivity index (χ0) is 14.6. The van der Waals surface area contributed by atoms with E-state index >= 15 is 0 Å². The van der Waals surface area contributed by atoms with Gasteiger partial charge >= 0.3 is 0 Å². The Morgan fingerprint density at radius 1 is 0.773 bits per heavy atom. The largest absolute Gasteiger partial charge is 0.855 e. The molecule has 0 atom stereocenters. The predicted octanol–water partition coefficient (Wildman–Crippen LogP) is -1.35. The van der Waals surface area contributed by atoms with Crippen LogP contribution in [0.5, 0.6) is 0 Å². The molecule has 0 radical (unpaired) electrons. The third-order valence-corrected chi connectivity index (χ3v) is 1.37. The second-order valence-corrected chi connectivity index (χ2v) is 2.70. The lowest BCUT2D eigenvalue weighted by atomic mass is 10.1. The molecule has 16 N–H and O–H groups in total. The standard InChI is InChI=1S/C8H6O4.2C2H5O.4H3N/c9-7(10)5-3-1-2-4-6(5)8(11)12;2*1-2-3;;;;/h1-4H,(H,9,10)(H,11,12);2*2H2,1H3;4*1H3/q;2*-1;;;;/p+2. The van der Waals surface area contributed by atoms with E-state index in [9.17, 15) is 19.8 Å². The van der Waals surface area contributed by atoms with Crippen LogP contribution in [-0.2, 0) is 0 Å². The lowest BCUT2D eigenvalue weighted by Gasteiger charge is -2.09. The van der Waals surface area contributed by atoms with Crippen LogP contribution >= 0.6 is 0 Å². The molecule has 1 aromatic rings. The van der Waals surface area contributed by atoms with Gasteiger partial charge in [0.05, 0.1) is 11.9 Å². The number of carboxylic acid groups (broad SMARTS) is 2. The van der Waals surface area contributed by atoms with Crippen LogP contribution in [0.3, 0.4) is 0 Å². The van der Waals surface area contributed by atoms with Crippen molar-refractivity contribution in [2.75, 3.05) is 13.2 Å². The van der Waals surface area contributed by atoms with E-state index in [4.69, 9.17) is 10.2 Å². The molecule has 0 heterocycles. The number of hydrogen-bond acceptors (Lipinski definition) is 6. The summed E-state index contributed by atoms with van der Waals surface area (Å²) in [5.74, 6) is -3.04. The number of carboxylic acids is 2. The van der Waals surface area contributed by atoms with Crippen LogP contribution in [0.1, 0.15) is 34.6 Å². The molecule has 0 amide bonds. The first-order valence-corrected chi connectivity index (χ1v) is 5.14. The lowest BCUT2D eigenvalue weighted by Crippen LogP contribution is -2.29. The molecule has 1 aromatic carbocycles. The Balaban J connectivity index is -0.0000000564. The molecule has 0 aliphatic rings. The number of hydrogen-bond donors (Lipinski definition) is 4. The summed E-state index contributed by atoms with van der Waals surface area (Å²) in [5.41, 5.74) is -0.727. The van der Waals surface area contributed by atoms with Crippen LogP contribution < -0.4 is 45.0 Å². The Kier molecular flexibility index (Phi) is 40.1. The fraction of sp³-hybridized carbons (Fsp3) is 0.333. The molecule has 0 aromatic heterocycles. The van der Waals surface area contributed by atoms with E-state index in [0.717, 1.165) is 12.1 Å². The van der Waals surface area contributed by atoms with Gasteiger partial charge in [0.2, 0.25) is 0 Å². The second kappa shape index (κ2) is 24.0. The maximum absolute atomic E-state index is 10.3. The van der Waals surface area contributed by atoms with Gasteiger partial charge < -0.3 is 54.6 Å². The Labute approximate surface area is 130 Å². The topological polar surface area (TPSA) is 272 Å². The minimum atomic E-state index is -1.52. The Morgan fingerprint density at radius 3 is 1.09 bits per heavy atom. The van der Waals surface area contributed by atoms with Gasteiger partial charge in [-0.2, -0.15) is 0 Å². The average molecular weight is 326 g/mol. The highest BCUT2D eigenvalue weighted by Gasteiger charge is 2.01. The number of carbonyl (C=O) groups is 2. The van der Waals surface area contributed by atoms with E-state index in [0.29, 0.717) is 0 Å². The molecule has 0 bridgehead atoms. The summed E-state index contributed by atoms with van der Waals surface area (Å²) in [6.45, 7) is 3.14. The van der Waals surface area contributed by atoms with Gasteiger partial charge in [-0.15, -0.1) is 13.2 Å². The zero-order valence-corrected chi connectivity index (χ0v) is 14.2. The lowest BCUT2D eigenvalue weighted by molar-refractivity contribution is -0.362. The van der Waals surface area contributed by atoms with Crippen molar-refractivity contribution in [1.29, 1.82) is 0 Å². The quantitative estimate of drug-likeness (QED) is 0.509. The van der Waals surface area contributed by atoms with Crippen molar-refractivity contribution in [2.45, 2.75) is 13.8 Å². The molecule has 1 rings (SSSR count). The highest BCUT2D eigenvalue weighted by atomic mass is 16.4. The van der Waals surface area contributed by atoms with Gasteiger partial charge in [0.25, 0.3) is 0 Å². The van der Waals surface area contributed by atoms with Crippen LogP contribution in [0.4, 0.5) is 0 Å².